The van der Waals surface area contributed by atoms with Crippen LogP contribution in [0.2, 0.25) is 0 Å². The molecule has 1 atom stereocenters. The molecule has 1 heterocycles. The monoisotopic (exact) mass is 293 g/mol. The van der Waals surface area contributed by atoms with E-state index in [0.717, 1.165) is 17.3 Å². The Labute approximate surface area is 120 Å². The number of thioether (sulfide) groups is 1. The molecule has 7 heteroatoms. The predicted octanol–water partition coefficient (Wildman–Crippen LogP) is 2.06. The molecule has 0 saturated heterocycles. The van der Waals surface area contributed by atoms with Gasteiger partial charge in [0, 0.05) is 7.05 Å². The Morgan fingerprint density at radius 1 is 1.40 bits per heavy atom. The molecule has 6 nitrogen and oxygen atoms in total. The van der Waals surface area contributed by atoms with Gasteiger partial charge in [-0.2, -0.15) is 0 Å². The zero-order valence-corrected chi connectivity index (χ0v) is 12.2. The van der Waals surface area contributed by atoms with Crippen molar-refractivity contribution in [2.75, 3.05) is 7.11 Å². The van der Waals surface area contributed by atoms with Gasteiger partial charge in [0.2, 0.25) is 0 Å². The smallest absolute Gasteiger partial charge is 0.316 e. The van der Waals surface area contributed by atoms with Gasteiger partial charge in [-0.15, -0.1) is 10.2 Å². The van der Waals surface area contributed by atoms with E-state index in [0.29, 0.717) is 16.7 Å². The number of ether oxygens (including phenoxy) is 1. The Morgan fingerprint density at radius 3 is 2.75 bits per heavy atom. The summed E-state index contributed by atoms with van der Waals surface area (Å²) >= 11 is 1.16. The summed E-state index contributed by atoms with van der Waals surface area (Å²) in [5.41, 5.74) is 0.819. The fourth-order valence-electron chi connectivity index (χ4n) is 1.69. The second kappa shape index (κ2) is 5.96. The summed E-state index contributed by atoms with van der Waals surface area (Å²) in [6.07, 6.45) is 0. The van der Waals surface area contributed by atoms with Crippen LogP contribution in [0.25, 0.3) is 11.4 Å². The fourth-order valence-corrected chi connectivity index (χ4v) is 2.44. The van der Waals surface area contributed by atoms with Crippen LogP contribution in [0.5, 0.6) is 5.75 Å². The van der Waals surface area contributed by atoms with Gasteiger partial charge in [-0.1, -0.05) is 23.9 Å². The van der Waals surface area contributed by atoms with Crippen molar-refractivity contribution in [2.45, 2.75) is 17.3 Å². The van der Waals surface area contributed by atoms with Crippen LogP contribution in [-0.4, -0.2) is 38.2 Å². The van der Waals surface area contributed by atoms with Gasteiger partial charge < -0.3 is 14.4 Å². The summed E-state index contributed by atoms with van der Waals surface area (Å²) in [5.74, 6) is 0.463. The molecular formula is C13H15N3O3S. The van der Waals surface area contributed by atoms with Crippen LogP contribution in [0.15, 0.2) is 29.4 Å². The minimum Gasteiger partial charge on any atom is -0.496 e. The third kappa shape index (κ3) is 2.77. The van der Waals surface area contributed by atoms with Gasteiger partial charge in [0.25, 0.3) is 0 Å². The average Bonchev–Trinajstić information content (AvgIpc) is 2.80. The number of benzene rings is 1. The summed E-state index contributed by atoms with van der Waals surface area (Å²) in [7, 11) is 3.40. The number of aromatic nitrogens is 3. The maximum Gasteiger partial charge on any atom is 0.316 e. The van der Waals surface area contributed by atoms with E-state index >= 15 is 0 Å². The van der Waals surface area contributed by atoms with Crippen LogP contribution in [0.3, 0.4) is 0 Å². The van der Waals surface area contributed by atoms with Crippen molar-refractivity contribution in [3.8, 4) is 17.1 Å². The molecule has 1 aromatic heterocycles. The van der Waals surface area contributed by atoms with Crippen molar-refractivity contribution in [3.63, 3.8) is 0 Å². The van der Waals surface area contributed by atoms with E-state index in [-0.39, 0.29) is 0 Å². The number of carbonyl (C=O) groups is 1. The minimum atomic E-state index is -0.878. The van der Waals surface area contributed by atoms with E-state index in [9.17, 15) is 4.79 Å². The molecule has 1 unspecified atom stereocenters. The molecule has 0 aliphatic carbocycles. The first-order valence-corrected chi connectivity index (χ1v) is 6.84. The first kappa shape index (κ1) is 14.4. The van der Waals surface area contributed by atoms with Crippen LogP contribution >= 0.6 is 11.8 Å². The summed E-state index contributed by atoms with van der Waals surface area (Å²) < 4.78 is 7.07. The molecule has 1 aromatic carbocycles. The lowest BCUT2D eigenvalue weighted by Gasteiger charge is -2.09. The second-order valence-electron chi connectivity index (χ2n) is 4.16. The van der Waals surface area contributed by atoms with E-state index in [1.165, 1.54) is 0 Å². The molecule has 0 amide bonds. The third-order valence-electron chi connectivity index (χ3n) is 2.81. The SMILES string of the molecule is COc1ccccc1-c1nnc(SC(C)C(=O)O)n1C. The first-order chi connectivity index (χ1) is 9.54. The number of hydrogen-bond donors (Lipinski definition) is 1. The number of aliphatic carboxylic acids is 1. The number of methoxy groups -OCH3 is 1. The normalized spacial score (nSPS) is 12.2. The van der Waals surface area contributed by atoms with Gasteiger partial charge in [-0.25, -0.2) is 0 Å². The molecule has 0 aliphatic heterocycles. The van der Waals surface area contributed by atoms with Gasteiger partial charge in [0.05, 0.1) is 12.7 Å². The third-order valence-corrected chi connectivity index (χ3v) is 3.93. The van der Waals surface area contributed by atoms with Crippen LogP contribution in [0.1, 0.15) is 6.92 Å². The van der Waals surface area contributed by atoms with Gasteiger partial charge >= 0.3 is 5.97 Å². The number of carboxylic acids is 1. The maximum atomic E-state index is 10.9. The Balaban J connectivity index is 2.36. The van der Waals surface area contributed by atoms with E-state index in [1.807, 2.05) is 24.3 Å². The van der Waals surface area contributed by atoms with E-state index in [2.05, 4.69) is 10.2 Å². The lowest BCUT2D eigenvalue weighted by molar-refractivity contribution is -0.136. The number of hydrogen-bond acceptors (Lipinski definition) is 5. The fraction of sp³-hybridized carbons (Fsp3) is 0.308. The summed E-state index contributed by atoms with van der Waals surface area (Å²) in [6.45, 7) is 1.62. The van der Waals surface area contributed by atoms with E-state index in [1.54, 1.807) is 25.6 Å². The maximum absolute atomic E-state index is 10.9. The average molecular weight is 293 g/mol. The molecule has 0 bridgehead atoms. The van der Waals surface area contributed by atoms with Gasteiger partial charge in [0.15, 0.2) is 11.0 Å². The van der Waals surface area contributed by atoms with Crippen LogP contribution in [0.4, 0.5) is 0 Å². The van der Waals surface area contributed by atoms with E-state index < -0.39 is 11.2 Å². The molecule has 0 spiro atoms. The Morgan fingerprint density at radius 2 is 2.10 bits per heavy atom. The van der Waals surface area contributed by atoms with Crippen molar-refractivity contribution in [3.05, 3.63) is 24.3 Å². The lowest BCUT2D eigenvalue weighted by atomic mass is 10.2. The minimum absolute atomic E-state index is 0.556. The molecule has 0 saturated carbocycles. The Kier molecular flexibility index (Phi) is 4.29. The highest BCUT2D eigenvalue weighted by molar-refractivity contribution is 8.00. The highest BCUT2D eigenvalue weighted by Crippen LogP contribution is 2.30. The molecule has 0 fully saturated rings. The van der Waals surface area contributed by atoms with Crippen molar-refractivity contribution >= 4 is 17.7 Å². The first-order valence-electron chi connectivity index (χ1n) is 5.96. The molecule has 0 aliphatic rings. The van der Waals surface area contributed by atoms with Crippen LogP contribution in [0, 0.1) is 0 Å². The number of para-hydroxylation sites is 1. The van der Waals surface area contributed by atoms with Crippen molar-refractivity contribution < 1.29 is 14.6 Å². The number of rotatable bonds is 5. The Hall–Kier alpha value is -2.02. The number of nitrogens with zero attached hydrogens (tertiary/aromatic N) is 3. The standard InChI is InChI=1S/C13H15N3O3S/c1-8(12(17)18)20-13-15-14-11(16(13)2)9-6-4-5-7-10(9)19-3/h4-8H,1-3H3,(H,17,18). The topological polar surface area (TPSA) is 77.2 Å². The van der Waals surface area contributed by atoms with Crippen molar-refractivity contribution in [1.82, 2.24) is 14.8 Å². The second-order valence-corrected chi connectivity index (χ2v) is 5.47. The zero-order chi connectivity index (χ0) is 14.7. The highest BCUT2D eigenvalue weighted by Gasteiger charge is 2.19. The summed E-state index contributed by atoms with van der Waals surface area (Å²) in [6, 6.07) is 7.49. The molecule has 20 heavy (non-hydrogen) atoms. The molecular weight excluding hydrogens is 278 g/mol. The highest BCUT2D eigenvalue weighted by atomic mass is 32.2. The molecule has 2 aromatic rings. The summed E-state index contributed by atoms with van der Waals surface area (Å²) in [4.78, 5) is 10.9. The van der Waals surface area contributed by atoms with Crippen molar-refractivity contribution in [1.29, 1.82) is 0 Å². The molecule has 2 rings (SSSR count). The molecule has 1 N–H and O–H groups in total. The Bertz CT molecular complexity index is 627. The molecule has 0 radical (unpaired) electrons. The van der Waals surface area contributed by atoms with E-state index in [4.69, 9.17) is 9.84 Å². The number of carboxylic acid groups (broad SMARTS) is 1. The summed E-state index contributed by atoms with van der Waals surface area (Å²) in [5, 5.41) is 17.1. The van der Waals surface area contributed by atoms with Gasteiger partial charge in [-0.05, 0) is 19.1 Å². The van der Waals surface area contributed by atoms with Gasteiger partial charge in [0.1, 0.15) is 11.0 Å². The predicted molar refractivity (Wildman–Crippen MR) is 75.9 cm³/mol. The van der Waals surface area contributed by atoms with Crippen LogP contribution < -0.4 is 4.74 Å². The largest absolute Gasteiger partial charge is 0.496 e. The van der Waals surface area contributed by atoms with Gasteiger partial charge in [-0.3, -0.25) is 4.79 Å². The quantitative estimate of drug-likeness (QED) is 0.850. The lowest BCUT2D eigenvalue weighted by Crippen LogP contribution is -2.12. The zero-order valence-electron chi connectivity index (χ0n) is 11.4. The van der Waals surface area contributed by atoms with Crippen molar-refractivity contribution in [2.24, 2.45) is 7.05 Å². The molecule has 106 valence electrons. The van der Waals surface area contributed by atoms with Crippen LogP contribution in [-0.2, 0) is 11.8 Å².